The van der Waals surface area contributed by atoms with Crippen molar-refractivity contribution in [1.82, 2.24) is 0 Å². The molecule has 3 aromatic rings. The van der Waals surface area contributed by atoms with E-state index >= 15 is 0 Å². The molecule has 266 valence electrons. The Bertz CT molecular complexity index is 1450. The fourth-order valence-corrected chi connectivity index (χ4v) is 7.13. The molecule has 0 heterocycles. The molecule has 4 nitrogen and oxygen atoms in total. The van der Waals surface area contributed by atoms with Crippen LogP contribution in [0, 0.1) is 17.3 Å². The van der Waals surface area contributed by atoms with Crippen LogP contribution in [-0.2, 0) is 24.0 Å². The molecule has 0 bridgehead atoms. The van der Waals surface area contributed by atoms with E-state index in [2.05, 4.69) is 87.7 Å². The zero-order valence-electron chi connectivity index (χ0n) is 30.9. The maximum absolute atomic E-state index is 10.0. The molecule has 0 saturated heterocycles. The molecule has 0 amide bonds. The lowest BCUT2D eigenvalue weighted by Crippen LogP contribution is -2.35. The van der Waals surface area contributed by atoms with Crippen LogP contribution in [0.15, 0.2) is 85.2 Å². The Morgan fingerprint density at radius 3 is 1.92 bits per heavy atom. The molecule has 0 aromatic heterocycles. The van der Waals surface area contributed by atoms with Crippen LogP contribution >= 0.6 is 0 Å². The molecule has 1 aliphatic rings. The van der Waals surface area contributed by atoms with Gasteiger partial charge in [0, 0.05) is 0 Å². The van der Waals surface area contributed by atoms with Gasteiger partial charge in [0.1, 0.15) is 11.5 Å². The fourth-order valence-electron chi connectivity index (χ4n) is 7.13. The first kappa shape index (κ1) is 38.5. The Balaban J connectivity index is 1.47. The molecule has 3 aromatic carbocycles. The molecule has 1 fully saturated rings. The maximum Gasteiger partial charge on any atom is 0.122 e. The lowest BCUT2D eigenvalue weighted by Gasteiger charge is -2.29. The third-order valence-corrected chi connectivity index (χ3v) is 11.0. The number of aliphatic hydroxyl groups excluding tert-OH is 2. The van der Waals surface area contributed by atoms with Crippen LogP contribution < -0.4 is 4.74 Å². The highest BCUT2D eigenvalue weighted by Gasteiger charge is 2.28. The van der Waals surface area contributed by atoms with Crippen LogP contribution in [0.2, 0.25) is 0 Å². The number of benzene rings is 3. The summed E-state index contributed by atoms with van der Waals surface area (Å²) in [6.07, 6.45) is 14.0. The van der Waals surface area contributed by atoms with Gasteiger partial charge in [0.2, 0.25) is 0 Å². The minimum absolute atomic E-state index is 0.125. The van der Waals surface area contributed by atoms with Crippen molar-refractivity contribution in [3.63, 3.8) is 0 Å². The van der Waals surface area contributed by atoms with E-state index in [9.17, 15) is 10.2 Å². The molecule has 1 saturated carbocycles. The summed E-state index contributed by atoms with van der Waals surface area (Å²) in [6.45, 7) is 16.8. The standard InChI is InChI=1S/C45H62O4/c1-7-11-35-13-15-36(16-14-35)17-18-37-19-21-39(22-20-37)40-23-25-41(26-24-40)43-28-42(12-10-27-48-34(6)33(4)5)44(29-38(43)8-2)49-32-45(9-3,30-46)31-47/h19-26,28-29,35-36,46-47H,4,6-18,27,30-32H2,1-3,5H3. The van der Waals surface area contributed by atoms with Gasteiger partial charge >= 0.3 is 0 Å². The average Bonchev–Trinajstić information content (AvgIpc) is 3.14. The summed E-state index contributed by atoms with van der Waals surface area (Å²) in [5, 5.41) is 20.1. The zero-order valence-corrected chi connectivity index (χ0v) is 30.9. The molecule has 4 heteroatoms. The minimum atomic E-state index is -0.674. The van der Waals surface area contributed by atoms with Crippen LogP contribution in [0.5, 0.6) is 5.75 Å². The molecular weight excluding hydrogens is 604 g/mol. The molecule has 0 spiro atoms. The normalized spacial score (nSPS) is 16.4. The highest BCUT2D eigenvalue weighted by molar-refractivity contribution is 5.74. The van der Waals surface area contributed by atoms with Crippen molar-refractivity contribution in [3.05, 3.63) is 102 Å². The predicted octanol–water partition coefficient (Wildman–Crippen LogP) is 10.9. The summed E-state index contributed by atoms with van der Waals surface area (Å²) >= 11 is 0. The van der Waals surface area contributed by atoms with Gasteiger partial charge in [-0.2, -0.15) is 0 Å². The summed E-state index contributed by atoms with van der Waals surface area (Å²) in [5.41, 5.74) is 8.75. The van der Waals surface area contributed by atoms with Gasteiger partial charge in [-0.15, -0.1) is 0 Å². The van der Waals surface area contributed by atoms with Gasteiger partial charge in [-0.1, -0.05) is 121 Å². The first-order valence-corrected chi connectivity index (χ1v) is 18.9. The Morgan fingerprint density at radius 2 is 1.37 bits per heavy atom. The number of aliphatic hydroxyl groups is 2. The SMILES string of the molecule is C=C(C)C(=C)OCCCc1cc(-c2ccc(-c3ccc(CCC4CCC(CCC)CC4)cc3)cc2)c(CC)cc1OCC(CC)(CO)CO. The minimum Gasteiger partial charge on any atom is -0.494 e. The summed E-state index contributed by atoms with van der Waals surface area (Å²) < 4.78 is 12.2. The van der Waals surface area contributed by atoms with Gasteiger partial charge in [0.15, 0.2) is 0 Å². The summed E-state index contributed by atoms with van der Waals surface area (Å²) in [4.78, 5) is 0. The van der Waals surface area contributed by atoms with E-state index in [1.807, 2.05) is 13.8 Å². The van der Waals surface area contributed by atoms with E-state index in [0.29, 0.717) is 18.8 Å². The Kier molecular flexibility index (Phi) is 15.0. The quantitative estimate of drug-likeness (QED) is 0.0716. The number of ether oxygens (including phenoxy) is 2. The van der Waals surface area contributed by atoms with E-state index in [1.165, 1.54) is 84.7 Å². The predicted molar refractivity (Wildman–Crippen MR) is 206 cm³/mol. The topological polar surface area (TPSA) is 58.9 Å². The van der Waals surface area contributed by atoms with Gasteiger partial charge in [-0.05, 0) is 114 Å². The first-order chi connectivity index (χ1) is 23.7. The molecule has 0 unspecified atom stereocenters. The van der Waals surface area contributed by atoms with Gasteiger partial charge in [0.05, 0.1) is 31.8 Å². The smallest absolute Gasteiger partial charge is 0.122 e. The van der Waals surface area contributed by atoms with Crippen LogP contribution in [0.25, 0.3) is 22.3 Å². The third-order valence-electron chi connectivity index (χ3n) is 11.0. The second kappa shape index (κ2) is 19.2. The zero-order chi connectivity index (χ0) is 35.2. The van der Waals surface area contributed by atoms with Crippen molar-refractivity contribution in [1.29, 1.82) is 0 Å². The number of hydrogen-bond donors (Lipinski definition) is 2. The highest BCUT2D eigenvalue weighted by Crippen LogP contribution is 2.36. The van der Waals surface area contributed by atoms with Crippen LogP contribution in [0.4, 0.5) is 0 Å². The molecule has 4 rings (SSSR count). The van der Waals surface area contributed by atoms with E-state index in [1.54, 1.807) is 0 Å². The molecule has 2 N–H and O–H groups in total. The van der Waals surface area contributed by atoms with Gasteiger partial charge in [-0.3, -0.25) is 0 Å². The monoisotopic (exact) mass is 666 g/mol. The van der Waals surface area contributed by atoms with Crippen LogP contribution in [0.1, 0.15) is 102 Å². The van der Waals surface area contributed by atoms with Crippen molar-refractivity contribution < 1.29 is 19.7 Å². The molecule has 0 radical (unpaired) electrons. The number of hydrogen-bond acceptors (Lipinski definition) is 4. The van der Waals surface area contributed by atoms with E-state index in [4.69, 9.17) is 9.47 Å². The van der Waals surface area contributed by atoms with Crippen LogP contribution in [0.3, 0.4) is 0 Å². The second-order valence-electron chi connectivity index (χ2n) is 14.6. The van der Waals surface area contributed by atoms with E-state index in [-0.39, 0.29) is 19.8 Å². The number of rotatable bonds is 20. The van der Waals surface area contributed by atoms with Crippen molar-refractivity contribution in [3.8, 4) is 28.0 Å². The number of allylic oxidation sites excluding steroid dienone is 1. The molecule has 0 atom stereocenters. The third kappa shape index (κ3) is 10.8. The lowest BCUT2D eigenvalue weighted by atomic mass is 9.78. The van der Waals surface area contributed by atoms with Gasteiger partial charge in [-0.25, -0.2) is 0 Å². The second-order valence-corrected chi connectivity index (χ2v) is 14.6. The summed E-state index contributed by atoms with van der Waals surface area (Å²) in [6, 6.07) is 22.5. The maximum atomic E-state index is 10.0. The van der Waals surface area contributed by atoms with Crippen molar-refractivity contribution in [2.75, 3.05) is 26.4 Å². The van der Waals surface area contributed by atoms with Crippen molar-refractivity contribution in [2.45, 2.75) is 105 Å². The Morgan fingerprint density at radius 1 is 0.776 bits per heavy atom. The van der Waals surface area contributed by atoms with Gasteiger partial charge in [0.25, 0.3) is 0 Å². The van der Waals surface area contributed by atoms with Gasteiger partial charge < -0.3 is 19.7 Å². The van der Waals surface area contributed by atoms with E-state index < -0.39 is 5.41 Å². The largest absolute Gasteiger partial charge is 0.494 e. The lowest BCUT2D eigenvalue weighted by molar-refractivity contribution is 0.0111. The summed E-state index contributed by atoms with van der Waals surface area (Å²) in [7, 11) is 0. The molecule has 0 aliphatic heterocycles. The fraction of sp³-hybridized carbons (Fsp3) is 0.511. The Labute approximate surface area is 297 Å². The number of aryl methyl sites for hydroxylation is 3. The highest BCUT2D eigenvalue weighted by atomic mass is 16.5. The summed E-state index contributed by atoms with van der Waals surface area (Å²) in [5.74, 6) is 3.30. The molecular formula is C45H62O4. The van der Waals surface area contributed by atoms with Crippen LogP contribution in [-0.4, -0.2) is 36.6 Å². The van der Waals surface area contributed by atoms with Crippen molar-refractivity contribution in [2.24, 2.45) is 17.3 Å². The molecule has 49 heavy (non-hydrogen) atoms. The Hall–Kier alpha value is -3.34. The molecule has 1 aliphatic carbocycles. The van der Waals surface area contributed by atoms with Crippen molar-refractivity contribution >= 4 is 0 Å². The first-order valence-electron chi connectivity index (χ1n) is 18.9. The average molecular weight is 667 g/mol. The van der Waals surface area contributed by atoms with E-state index in [0.717, 1.165) is 48.0 Å².